The Morgan fingerprint density at radius 1 is 1.14 bits per heavy atom. The molecule has 9 nitrogen and oxygen atoms in total. The van der Waals surface area contributed by atoms with Crippen LogP contribution in [0.1, 0.15) is 5.69 Å². The molecule has 1 amide bonds. The van der Waals surface area contributed by atoms with E-state index in [9.17, 15) is 13.2 Å². The third kappa shape index (κ3) is 4.93. The van der Waals surface area contributed by atoms with Crippen LogP contribution in [0.3, 0.4) is 0 Å². The molecular weight excluding hydrogens is 394 g/mol. The van der Waals surface area contributed by atoms with Crippen LogP contribution in [0, 0.1) is 0 Å². The highest BCUT2D eigenvalue weighted by atomic mass is 32.2. The second-order valence-electron chi connectivity index (χ2n) is 5.84. The summed E-state index contributed by atoms with van der Waals surface area (Å²) in [5.41, 5.74) is 1.78. The van der Waals surface area contributed by atoms with E-state index >= 15 is 0 Å². The lowest BCUT2D eigenvalue weighted by Gasteiger charge is -2.14. The molecule has 0 bridgehead atoms. The van der Waals surface area contributed by atoms with Crippen molar-refractivity contribution in [3.63, 3.8) is 0 Å². The van der Waals surface area contributed by atoms with Crippen molar-refractivity contribution in [3.05, 3.63) is 72.6 Å². The van der Waals surface area contributed by atoms with Crippen molar-refractivity contribution in [2.75, 3.05) is 19.5 Å². The summed E-state index contributed by atoms with van der Waals surface area (Å²) in [6, 6.07) is 15.2. The molecule has 0 aliphatic carbocycles. The number of rotatable bonds is 7. The molecule has 0 spiro atoms. The number of benzene rings is 2. The van der Waals surface area contributed by atoms with Gasteiger partial charge in [0.25, 0.3) is 10.0 Å². The highest BCUT2D eigenvalue weighted by Crippen LogP contribution is 2.17. The van der Waals surface area contributed by atoms with Crippen LogP contribution in [0.4, 0.5) is 5.69 Å². The zero-order valence-corrected chi connectivity index (χ0v) is 16.6. The van der Waals surface area contributed by atoms with Crippen LogP contribution in [0.2, 0.25) is 0 Å². The first-order valence-electron chi connectivity index (χ1n) is 8.50. The lowest BCUT2D eigenvalue weighted by molar-refractivity contribution is -0.111. The van der Waals surface area contributed by atoms with Crippen molar-refractivity contribution in [2.24, 2.45) is 0 Å². The molecule has 0 aliphatic heterocycles. The number of nitrogens with zero attached hydrogens (tertiary/aromatic N) is 4. The molecule has 29 heavy (non-hydrogen) atoms. The van der Waals surface area contributed by atoms with Gasteiger partial charge in [0.05, 0.1) is 23.9 Å². The van der Waals surface area contributed by atoms with Crippen molar-refractivity contribution in [1.29, 1.82) is 0 Å². The number of hydrogen-bond acceptors (Lipinski definition) is 6. The summed E-state index contributed by atoms with van der Waals surface area (Å²) in [6.45, 7) is 0. The number of anilines is 1. The quantitative estimate of drug-likeness (QED) is 0.470. The summed E-state index contributed by atoms with van der Waals surface area (Å²) >= 11 is 0. The first-order valence-corrected chi connectivity index (χ1v) is 9.94. The van der Waals surface area contributed by atoms with E-state index < -0.39 is 10.0 Å². The Morgan fingerprint density at radius 3 is 2.48 bits per heavy atom. The standard InChI is InChI=1S/C19H19N5O4S/c1-23(28-2)29(26,27)18-11-8-15(9-12-18)21-19(25)13-10-16-14-20-24(22-16)17-6-4-3-5-7-17/h3-14H,1-2H3,(H,21,25)/b13-10+. The molecule has 0 unspecified atom stereocenters. The van der Waals surface area contributed by atoms with Gasteiger partial charge in [-0.2, -0.15) is 9.90 Å². The average molecular weight is 413 g/mol. The van der Waals surface area contributed by atoms with Crippen molar-refractivity contribution in [3.8, 4) is 5.69 Å². The van der Waals surface area contributed by atoms with Crippen molar-refractivity contribution in [2.45, 2.75) is 4.90 Å². The molecule has 3 aromatic rings. The maximum atomic E-state index is 12.1. The first kappa shape index (κ1) is 20.4. The first-order chi connectivity index (χ1) is 13.9. The van der Waals surface area contributed by atoms with Crippen molar-refractivity contribution >= 4 is 27.7 Å². The molecule has 10 heteroatoms. The van der Waals surface area contributed by atoms with E-state index in [-0.39, 0.29) is 10.8 Å². The Labute approximate surface area is 168 Å². The summed E-state index contributed by atoms with van der Waals surface area (Å²) in [6.07, 6.45) is 4.40. The van der Waals surface area contributed by atoms with E-state index in [0.717, 1.165) is 10.2 Å². The Hall–Kier alpha value is -3.34. The van der Waals surface area contributed by atoms with Gasteiger partial charge in [0, 0.05) is 18.8 Å². The maximum absolute atomic E-state index is 12.1. The maximum Gasteiger partial charge on any atom is 0.264 e. The molecule has 0 saturated carbocycles. The minimum absolute atomic E-state index is 0.0490. The Bertz CT molecular complexity index is 1110. The topological polar surface area (TPSA) is 106 Å². The zero-order valence-electron chi connectivity index (χ0n) is 15.8. The fourth-order valence-electron chi connectivity index (χ4n) is 2.34. The van der Waals surface area contributed by atoms with Gasteiger partial charge in [0.1, 0.15) is 5.69 Å². The molecule has 2 aromatic carbocycles. The van der Waals surface area contributed by atoms with Gasteiger partial charge in [0.2, 0.25) is 5.91 Å². The van der Waals surface area contributed by atoms with Gasteiger partial charge < -0.3 is 5.32 Å². The number of hydrogen-bond donors (Lipinski definition) is 1. The summed E-state index contributed by atoms with van der Waals surface area (Å²) in [7, 11) is -1.18. The van der Waals surface area contributed by atoms with Gasteiger partial charge in [-0.1, -0.05) is 22.7 Å². The summed E-state index contributed by atoms with van der Waals surface area (Å²) in [5.74, 6) is -0.385. The molecule has 150 valence electrons. The molecular formula is C19H19N5O4S. The van der Waals surface area contributed by atoms with E-state index in [4.69, 9.17) is 4.84 Å². The van der Waals surface area contributed by atoms with E-state index in [1.165, 1.54) is 55.4 Å². The van der Waals surface area contributed by atoms with Crippen LogP contribution < -0.4 is 5.32 Å². The van der Waals surface area contributed by atoms with Crippen LogP contribution in [0.5, 0.6) is 0 Å². The van der Waals surface area contributed by atoms with Crippen molar-refractivity contribution in [1.82, 2.24) is 19.5 Å². The van der Waals surface area contributed by atoms with Gasteiger partial charge in [-0.05, 0) is 42.5 Å². The summed E-state index contributed by atoms with van der Waals surface area (Å²) < 4.78 is 25.1. The minimum Gasteiger partial charge on any atom is -0.323 e. The number of aromatic nitrogens is 3. The number of para-hydroxylation sites is 1. The molecule has 1 aromatic heterocycles. The molecule has 1 N–H and O–H groups in total. The van der Waals surface area contributed by atoms with E-state index in [2.05, 4.69) is 15.5 Å². The summed E-state index contributed by atoms with van der Waals surface area (Å²) in [4.78, 5) is 18.3. The van der Waals surface area contributed by atoms with Crippen LogP contribution in [0.25, 0.3) is 11.8 Å². The predicted molar refractivity (Wildman–Crippen MR) is 107 cm³/mol. The zero-order chi connectivity index (χ0) is 20.9. The van der Waals surface area contributed by atoms with Crippen LogP contribution in [0.15, 0.2) is 71.8 Å². The second-order valence-corrected chi connectivity index (χ2v) is 7.77. The number of sulfonamides is 1. The predicted octanol–water partition coefficient (Wildman–Crippen LogP) is 2.10. The molecule has 1 heterocycles. The molecule has 0 atom stereocenters. The number of carbonyl (C=O) groups excluding carboxylic acids is 1. The van der Waals surface area contributed by atoms with Gasteiger partial charge in [-0.25, -0.2) is 8.42 Å². The molecule has 0 radical (unpaired) electrons. The number of amides is 1. The fraction of sp³-hybridized carbons (Fsp3) is 0.105. The lowest BCUT2D eigenvalue weighted by Crippen LogP contribution is -2.25. The van der Waals surface area contributed by atoms with Crippen LogP contribution >= 0.6 is 0 Å². The Kier molecular flexibility index (Phi) is 6.17. The van der Waals surface area contributed by atoms with Crippen LogP contribution in [-0.2, 0) is 19.7 Å². The number of nitrogens with one attached hydrogen (secondary N) is 1. The van der Waals surface area contributed by atoms with Gasteiger partial charge in [-0.15, -0.1) is 5.10 Å². The van der Waals surface area contributed by atoms with Crippen LogP contribution in [-0.4, -0.2) is 47.9 Å². The lowest BCUT2D eigenvalue weighted by atomic mass is 10.3. The number of hydroxylamine groups is 1. The van der Waals surface area contributed by atoms with Gasteiger partial charge in [-0.3, -0.25) is 9.63 Å². The fourth-order valence-corrected chi connectivity index (χ4v) is 3.31. The van der Waals surface area contributed by atoms with E-state index in [1.807, 2.05) is 30.3 Å². The highest BCUT2D eigenvalue weighted by Gasteiger charge is 2.20. The van der Waals surface area contributed by atoms with Gasteiger partial charge >= 0.3 is 0 Å². The SMILES string of the molecule is CON(C)S(=O)(=O)c1ccc(NC(=O)/C=C/c2cnn(-c3ccccc3)n2)cc1. The van der Waals surface area contributed by atoms with Crippen molar-refractivity contribution < 1.29 is 18.0 Å². The Balaban J connectivity index is 1.63. The molecule has 3 rings (SSSR count). The average Bonchev–Trinajstić information content (AvgIpc) is 3.22. The normalized spacial score (nSPS) is 11.8. The highest BCUT2D eigenvalue weighted by molar-refractivity contribution is 7.89. The molecule has 0 saturated heterocycles. The summed E-state index contributed by atoms with van der Waals surface area (Å²) in [5, 5.41) is 11.1. The number of carbonyl (C=O) groups is 1. The van der Waals surface area contributed by atoms with E-state index in [1.54, 1.807) is 6.20 Å². The minimum atomic E-state index is -3.73. The largest absolute Gasteiger partial charge is 0.323 e. The monoisotopic (exact) mass is 413 g/mol. The third-order valence-electron chi connectivity index (χ3n) is 3.92. The van der Waals surface area contributed by atoms with E-state index in [0.29, 0.717) is 11.4 Å². The third-order valence-corrected chi connectivity index (χ3v) is 5.61. The second kappa shape index (κ2) is 8.78. The molecule has 0 aliphatic rings. The Morgan fingerprint density at radius 2 is 1.83 bits per heavy atom. The smallest absolute Gasteiger partial charge is 0.264 e. The van der Waals surface area contributed by atoms with Gasteiger partial charge in [0.15, 0.2) is 0 Å². The molecule has 0 fully saturated rings.